The number of likely N-dealkylation sites (tertiary alicyclic amines) is 1. The van der Waals surface area contributed by atoms with Crippen LogP contribution in [0.3, 0.4) is 0 Å². The van der Waals surface area contributed by atoms with Gasteiger partial charge in [0.05, 0.1) is 0 Å². The molecular weight excluding hydrogens is 224 g/mol. The van der Waals surface area contributed by atoms with Crippen molar-refractivity contribution < 1.29 is 5.11 Å². The van der Waals surface area contributed by atoms with Crippen LogP contribution >= 0.6 is 0 Å². The predicted molar refractivity (Wildman–Crippen MR) is 74.2 cm³/mol. The number of rotatable bonds is 5. The standard InChI is InChI=1S/C15H24N2O/c16-14(9-11-18)15-8-4-5-10-17(15)12-13-6-2-1-3-7-13/h1-3,6-7,14-15,18H,4-5,8-12,16H2/t14-,15-/m0/s1. The SMILES string of the molecule is N[C@@H](CCO)[C@@H]1CCCCN1Cc1ccccc1. The number of nitrogens with two attached hydrogens (primary N) is 1. The minimum Gasteiger partial charge on any atom is -0.396 e. The molecule has 3 heteroatoms. The summed E-state index contributed by atoms with van der Waals surface area (Å²) in [5.74, 6) is 0. The number of nitrogens with zero attached hydrogens (tertiary/aromatic N) is 1. The van der Waals surface area contributed by atoms with Crippen molar-refractivity contribution in [2.75, 3.05) is 13.2 Å². The van der Waals surface area contributed by atoms with Gasteiger partial charge in [-0.25, -0.2) is 0 Å². The molecule has 100 valence electrons. The summed E-state index contributed by atoms with van der Waals surface area (Å²) in [4.78, 5) is 2.49. The normalized spacial score (nSPS) is 22.9. The lowest BCUT2D eigenvalue weighted by molar-refractivity contribution is 0.108. The lowest BCUT2D eigenvalue weighted by Gasteiger charge is -2.39. The maximum atomic E-state index is 9.04. The van der Waals surface area contributed by atoms with E-state index in [1.165, 1.54) is 18.4 Å². The van der Waals surface area contributed by atoms with Crippen molar-refractivity contribution >= 4 is 0 Å². The van der Waals surface area contributed by atoms with Gasteiger partial charge in [0.25, 0.3) is 0 Å². The monoisotopic (exact) mass is 248 g/mol. The summed E-state index contributed by atoms with van der Waals surface area (Å²) in [7, 11) is 0. The number of benzene rings is 1. The summed E-state index contributed by atoms with van der Waals surface area (Å²) < 4.78 is 0. The first-order valence-electron chi connectivity index (χ1n) is 6.95. The second kappa shape index (κ2) is 6.88. The highest BCUT2D eigenvalue weighted by atomic mass is 16.3. The van der Waals surface area contributed by atoms with E-state index in [0.717, 1.165) is 19.5 Å². The van der Waals surface area contributed by atoms with Crippen LogP contribution in [0.5, 0.6) is 0 Å². The van der Waals surface area contributed by atoms with Crippen LogP contribution in [-0.2, 0) is 6.54 Å². The molecule has 0 bridgehead atoms. The van der Waals surface area contributed by atoms with Crippen LogP contribution in [0.25, 0.3) is 0 Å². The van der Waals surface area contributed by atoms with E-state index in [2.05, 4.69) is 35.2 Å². The van der Waals surface area contributed by atoms with Crippen LogP contribution in [0.2, 0.25) is 0 Å². The van der Waals surface area contributed by atoms with Crippen molar-refractivity contribution in [2.24, 2.45) is 5.73 Å². The molecule has 0 unspecified atom stereocenters. The first-order valence-corrected chi connectivity index (χ1v) is 6.95. The maximum absolute atomic E-state index is 9.04. The lowest BCUT2D eigenvalue weighted by Crippen LogP contribution is -2.50. The summed E-state index contributed by atoms with van der Waals surface area (Å²) in [5, 5.41) is 9.04. The molecule has 1 aliphatic heterocycles. The molecule has 0 spiro atoms. The Balaban J connectivity index is 1.99. The fourth-order valence-corrected chi connectivity index (χ4v) is 2.86. The molecule has 1 aromatic carbocycles. The maximum Gasteiger partial charge on any atom is 0.0446 e. The first-order chi connectivity index (χ1) is 8.81. The van der Waals surface area contributed by atoms with Crippen LogP contribution in [-0.4, -0.2) is 35.2 Å². The molecule has 0 aromatic heterocycles. The van der Waals surface area contributed by atoms with Crippen molar-refractivity contribution in [1.29, 1.82) is 0 Å². The van der Waals surface area contributed by atoms with Gasteiger partial charge >= 0.3 is 0 Å². The topological polar surface area (TPSA) is 49.5 Å². The Labute approximate surface area is 110 Å². The second-order valence-corrected chi connectivity index (χ2v) is 5.20. The van der Waals surface area contributed by atoms with Crippen LogP contribution in [0, 0.1) is 0 Å². The number of aliphatic hydroxyl groups excluding tert-OH is 1. The third-order valence-electron chi connectivity index (χ3n) is 3.85. The van der Waals surface area contributed by atoms with Gasteiger partial charge in [-0.3, -0.25) is 4.90 Å². The van der Waals surface area contributed by atoms with E-state index >= 15 is 0 Å². The molecule has 0 amide bonds. The Morgan fingerprint density at radius 1 is 1.28 bits per heavy atom. The first kappa shape index (κ1) is 13.5. The highest BCUT2D eigenvalue weighted by Gasteiger charge is 2.27. The fraction of sp³-hybridized carbons (Fsp3) is 0.600. The fourth-order valence-electron chi connectivity index (χ4n) is 2.86. The average Bonchev–Trinajstić information content (AvgIpc) is 2.41. The van der Waals surface area contributed by atoms with Gasteiger partial charge in [-0.15, -0.1) is 0 Å². The van der Waals surface area contributed by atoms with E-state index in [1.54, 1.807) is 0 Å². The Bertz CT molecular complexity index is 342. The van der Waals surface area contributed by atoms with Crippen molar-refractivity contribution in [3.05, 3.63) is 35.9 Å². The highest BCUT2D eigenvalue weighted by Crippen LogP contribution is 2.22. The summed E-state index contributed by atoms with van der Waals surface area (Å²) in [6.45, 7) is 2.29. The summed E-state index contributed by atoms with van der Waals surface area (Å²) in [6.07, 6.45) is 4.38. The Morgan fingerprint density at radius 3 is 2.78 bits per heavy atom. The van der Waals surface area contributed by atoms with Gasteiger partial charge in [-0.2, -0.15) is 0 Å². The van der Waals surface area contributed by atoms with E-state index in [1.807, 2.05) is 0 Å². The molecule has 1 fully saturated rings. The largest absolute Gasteiger partial charge is 0.396 e. The summed E-state index contributed by atoms with van der Waals surface area (Å²) in [5.41, 5.74) is 7.55. The molecular formula is C15H24N2O. The highest BCUT2D eigenvalue weighted by molar-refractivity contribution is 5.14. The van der Waals surface area contributed by atoms with Gasteiger partial charge in [0.15, 0.2) is 0 Å². The molecule has 3 nitrogen and oxygen atoms in total. The molecule has 1 heterocycles. The third kappa shape index (κ3) is 3.55. The number of aliphatic hydroxyl groups is 1. The second-order valence-electron chi connectivity index (χ2n) is 5.20. The van der Waals surface area contributed by atoms with Crippen LogP contribution < -0.4 is 5.73 Å². The zero-order valence-electron chi connectivity index (χ0n) is 11.0. The average molecular weight is 248 g/mol. The molecule has 1 aromatic rings. The van der Waals surface area contributed by atoms with Gasteiger partial charge in [0.2, 0.25) is 0 Å². The van der Waals surface area contributed by atoms with E-state index < -0.39 is 0 Å². The van der Waals surface area contributed by atoms with Gasteiger partial charge in [0.1, 0.15) is 0 Å². The molecule has 0 radical (unpaired) electrons. The predicted octanol–water partition coefficient (Wildman–Crippen LogP) is 1.75. The summed E-state index contributed by atoms with van der Waals surface area (Å²) in [6, 6.07) is 11.1. The van der Waals surface area contributed by atoms with Gasteiger partial charge in [0, 0.05) is 25.2 Å². The minimum absolute atomic E-state index is 0.0963. The Morgan fingerprint density at radius 2 is 2.06 bits per heavy atom. The van der Waals surface area contributed by atoms with Gasteiger partial charge < -0.3 is 10.8 Å². The van der Waals surface area contributed by atoms with Crippen molar-refractivity contribution in [1.82, 2.24) is 4.90 Å². The molecule has 3 N–H and O–H groups in total. The van der Waals surface area contributed by atoms with Crippen LogP contribution in [0.15, 0.2) is 30.3 Å². The molecule has 2 rings (SSSR count). The molecule has 1 aliphatic rings. The third-order valence-corrected chi connectivity index (χ3v) is 3.85. The molecule has 18 heavy (non-hydrogen) atoms. The van der Waals surface area contributed by atoms with E-state index in [4.69, 9.17) is 10.8 Å². The van der Waals surface area contributed by atoms with Gasteiger partial charge in [-0.05, 0) is 31.4 Å². The quantitative estimate of drug-likeness (QED) is 0.834. The van der Waals surface area contributed by atoms with E-state index in [9.17, 15) is 0 Å². The minimum atomic E-state index is 0.0963. The lowest BCUT2D eigenvalue weighted by atomic mass is 9.94. The van der Waals surface area contributed by atoms with Crippen molar-refractivity contribution in [3.63, 3.8) is 0 Å². The number of piperidine rings is 1. The van der Waals surface area contributed by atoms with E-state index in [-0.39, 0.29) is 12.6 Å². The summed E-state index contributed by atoms with van der Waals surface area (Å²) >= 11 is 0. The van der Waals surface area contributed by atoms with Crippen molar-refractivity contribution in [2.45, 2.75) is 44.3 Å². The number of hydrogen-bond acceptors (Lipinski definition) is 3. The zero-order chi connectivity index (χ0) is 12.8. The smallest absolute Gasteiger partial charge is 0.0446 e. The van der Waals surface area contributed by atoms with E-state index in [0.29, 0.717) is 12.5 Å². The van der Waals surface area contributed by atoms with Crippen molar-refractivity contribution in [3.8, 4) is 0 Å². The Kier molecular flexibility index (Phi) is 5.17. The Hall–Kier alpha value is -0.900. The van der Waals surface area contributed by atoms with Crippen LogP contribution in [0.4, 0.5) is 0 Å². The molecule has 2 atom stereocenters. The molecule has 0 saturated carbocycles. The van der Waals surface area contributed by atoms with Crippen LogP contribution in [0.1, 0.15) is 31.2 Å². The molecule has 0 aliphatic carbocycles. The zero-order valence-corrected chi connectivity index (χ0v) is 11.0. The molecule has 1 saturated heterocycles. The van der Waals surface area contributed by atoms with Gasteiger partial charge in [-0.1, -0.05) is 36.8 Å². The number of hydrogen-bond donors (Lipinski definition) is 2.